The molecule has 0 aliphatic rings. The molecule has 1 aromatic carbocycles. The minimum atomic E-state index is -0.611. The van der Waals surface area contributed by atoms with E-state index in [2.05, 4.69) is 10.6 Å². The summed E-state index contributed by atoms with van der Waals surface area (Å²) in [7, 11) is 0. The van der Waals surface area contributed by atoms with Gasteiger partial charge >= 0.3 is 6.03 Å². The first-order chi connectivity index (χ1) is 8.02. The number of carbonyl (C=O) groups excluding carboxylic acids is 1. The van der Waals surface area contributed by atoms with Crippen molar-refractivity contribution in [3.63, 3.8) is 0 Å². The second kappa shape index (κ2) is 6.00. The maximum Gasteiger partial charge on any atom is 0.312 e. The zero-order valence-electron chi connectivity index (χ0n) is 9.00. The van der Waals surface area contributed by atoms with Crippen LogP contribution >= 0.6 is 12.2 Å². The molecular formula is C10H13FN4OS. The number of urea groups is 1. The highest BCUT2D eigenvalue weighted by molar-refractivity contribution is 7.80. The third-order valence-corrected chi connectivity index (χ3v) is 2.20. The maximum atomic E-state index is 13.4. The van der Waals surface area contributed by atoms with E-state index in [0.717, 1.165) is 0 Å². The van der Waals surface area contributed by atoms with Crippen LogP contribution < -0.4 is 22.1 Å². The summed E-state index contributed by atoms with van der Waals surface area (Å²) in [5.74, 6) is -0.481. The molecule has 0 spiro atoms. The van der Waals surface area contributed by atoms with Crippen LogP contribution in [0.1, 0.15) is 5.56 Å². The van der Waals surface area contributed by atoms with E-state index in [4.69, 9.17) is 23.7 Å². The molecule has 0 bridgehead atoms. The molecular weight excluding hydrogens is 243 g/mol. The van der Waals surface area contributed by atoms with Crippen molar-refractivity contribution >= 4 is 28.9 Å². The highest BCUT2D eigenvalue weighted by Crippen LogP contribution is 2.18. The van der Waals surface area contributed by atoms with Crippen molar-refractivity contribution in [3.8, 4) is 0 Å². The number of hydrogen-bond acceptors (Lipinski definition) is 3. The van der Waals surface area contributed by atoms with Crippen molar-refractivity contribution in [1.82, 2.24) is 5.32 Å². The minimum absolute atomic E-state index is 0.0199. The van der Waals surface area contributed by atoms with Gasteiger partial charge in [-0.25, -0.2) is 9.18 Å². The number of hydrogen-bond donors (Lipinski definition) is 4. The fourth-order valence-electron chi connectivity index (χ4n) is 1.30. The van der Waals surface area contributed by atoms with E-state index in [1.165, 1.54) is 6.07 Å². The summed E-state index contributed by atoms with van der Waals surface area (Å²) in [6, 6.07) is 3.87. The Morgan fingerprint density at radius 2 is 2.06 bits per heavy atom. The van der Waals surface area contributed by atoms with Crippen LogP contribution in [0.3, 0.4) is 0 Å². The SMILES string of the molecule is NC(=O)NCCNc1cccc(F)c1C(N)=S. The molecule has 0 saturated carbocycles. The number of rotatable bonds is 5. The molecule has 92 valence electrons. The molecule has 0 fully saturated rings. The van der Waals surface area contributed by atoms with Crippen LogP contribution in [-0.2, 0) is 0 Å². The number of amides is 2. The summed E-state index contributed by atoms with van der Waals surface area (Å²) < 4.78 is 13.4. The van der Waals surface area contributed by atoms with E-state index >= 15 is 0 Å². The summed E-state index contributed by atoms with van der Waals surface area (Å²) in [5, 5.41) is 5.31. The van der Waals surface area contributed by atoms with Crippen molar-refractivity contribution < 1.29 is 9.18 Å². The van der Waals surface area contributed by atoms with Crippen LogP contribution in [0.25, 0.3) is 0 Å². The third-order valence-electron chi connectivity index (χ3n) is 2.00. The van der Waals surface area contributed by atoms with Crippen molar-refractivity contribution in [2.75, 3.05) is 18.4 Å². The smallest absolute Gasteiger partial charge is 0.312 e. The summed E-state index contributed by atoms with van der Waals surface area (Å²) in [5.41, 5.74) is 11.0. The van der Waals surface area contributed by atoms with Crippen LogP contribution in [0.4, 0.5) is 14.9 Å². The van der Waals surface area contributed by atoms with E-state index in [1.54, 1.807) is 12.1 Å². The fraction of sp³-hybridized carbons (Fsp3) is 0.200. The van der Waals surface area contributed by atoms with E-state index in [-0.39, 0.29) is 10.6 Å². The number of benzene rings is 1. The second-order valence-electron chi connectivity index (χ2n) is 3.24. The van der Waals surface area contributed by atoms with E-state index in [9.17, 15) is 9.18 Å². The number of nitrogens with one attached hydrogen (secondary N) is 2. The quantitative estimate of drug-likeness (QED) is 0.457. The van der Waals surface area contributed by atoms with Crippen LogP contribution in [-0.4, -0.2) is 24.1 Å². The first-order valence-electron chi connectivity index (χ1n) is 4.88. The van der Waals surface area contributed by atoms with Gasteiger partial charge in [0.15, 0.2) is 0 Å². The number of thiocarbonyl (C=S) groups is 1. The Hall–Kier alpha value is -1.89. The average molecular weight is 256 g/mol. The number of halogens is 1. The van der Waals surface area contributed by atoms with Crippen molar-refractivity contribution in [3.05, 3.63) is 29.6 Å². The lowest BCUT2D eigenvalue weighted by Gasteiger charge is -2.11. The van der Waals surface area contributed by atoms with Crippen molar-refractivity contribution in [2.45, 2.75) is 0 Å². The largest absolute Gasteiger partial charge is 0.389 e. The molecule has 1 aromatic rings. The van der Waals surface area contributed by atoms with Gasteiger partial charge in [-0.2, -0.15) is 0 Å². The second-order valence-corrected chi connectivity index (χ2v) is 3.68. The summed E-state index contributed by atoms with van der Waals surface area (Å²) in [4.78, 5) is 10.4. The number of carbonyl (C=O) groups is 1. The topological polar surface area (TPSA) is 93.2 Å². The van der Waals surface area contributed by atoms with Gasteiger partial charge in [-0.05, 0) is 12.1 Å². The molecule has 5 nitrogen and oxygen atoms in total. The number of nitrogens with two attached hydrogens (primary N) is 2. The lowest BCUT2D eigenvalue weighted by atomic mass is 10.1. The van der Waals surface area contributed by atoms with E-state index in [0.29, 0.717) is 18.8 Å². The standard InChI is InChI=1S/C10H13FN4OS/c11-6-2-1-3-7(8(6)9(12)17)14-4-5-15-10(13)16/h1-3,14H,4-5H2,(H2,12,17)(H3,13,15,16). The first kappa shape index (κ1) is 13.2. The van der Waals surface area contributed by atoms with Crippen LogP contribution in [0.2, 0.25) is 0 Å². The van der Waals surface area contributed by atoms with Gasteiger partial charge in [0.2, 0.25) is 0 Å². The van der Waals surface area contributed by atoms with Gasteiger partial charge in [-0.3, -0.25) is 0 Å². The van der Waals surface area contributed by atoms with Gasteiger partial charge in [-0.1, -0.05) is 18.3 Å². The monoisotopic (exact) mass is 256 g/mol. The van der Waals surface area contributed by atoms with Crippen LogP contribution in [0, 0.1) is 5.82 Å². The molecule has 0 heterocycles. The molecule has 6 N–H and O–H groups in total. The Morgan fingerprint density at radius 3 is 2.65 bits per heavy atom. The summed E-state index contributed by atoms with van der Waals surface area (Å²) in [6.45, 7) is 0.713. The predicted octanol–water partition coefficient (Wildman–Crippen LogP) is 0.540. The highest BCUT2D eigenvalue weighted by atomic mass is 32.1. The molecule has 0 atom stereocenters. The molecule has 0 saturated heterocycles. The molecule has 0 aliphatic carbocycles. The van der Waals surface area contributed by atoms with Gasteiger partial charge < -0.3 is 22.1 Å². The molecule has 0 unspecified atom stereocenters. The van der Waals surface area contributed by atoms with Crippen molar-refractivity contribution in [1.29, 1.82) is 0 Å². The molecule has 7 heteroatoms. The van der Waals surface area contributed by atoms with Crippen LogP contribution in [0.5, 0.6) is 0 Å². The Kier molecular flexibility index (Phi) is 4.65. The zero-order chi connectivity index (χ0) is 12.8. The fourth-order valence-corrected chi connectivity index (χ4v) is 1.51. The number of primary amides is 1. The molecule has 0 radical (unpaired) electrons. The van der Waals surface area contributed by atoms with Gasteiger partial charge in [0.25, 0.3) is 0 Å². The molecule has 0 aliphatic heterocycles. The van der Waals surface area contributed by atoms with Gasteiger partial charge in [0.05, 0.1) is 5.56 Å². The lowest BCUT2D eigenvalue weighted by molar-refractivity contribution is 0.249. The first-order valence-corrected chi connectivity index (χ1v) is 5.28. The molecule has 1 rings (SSSR count). The van der Waals surface area contributed by atoms with Gasteiger partial charge in [-0.15, -0.1) is 0 Å². The Labute approximate surface area is 103 Å². The third kappa shape index (κ3) is 3.87. The molecule has 2 amide bonds. The van der Waals surface area contributed by atoms with Crippen molar-refractivity contribution in [2.24, 2.45) is 11.5 Å². The van der Waals surface area contributed by atoms with Gasteiger partial charge in [0, 0.05) is 18.8 Å². The Balaban J connectivity index is 2.67. The van der Waals surface area contributed by atoms with E-state index in [1.807, 2.05) is 0 Å². The minimum Gasteiger partial charge on any atom is -0.389 e. The average Bonchev–Trinajstić information content (AvgIpc) is 2.23. The summed E-state index contributed by atoms with van der Waals surface area (Å²) >= 11 is 4.77. The van der Waals surface area contributed by atoms with Gasteiger partial charge in [0.1, 0.15) is 10.8 Å². The Bertz CT molecular complexity index is 438. The van der Waals surface area contributed by atoms with E-state index < -0.39 is 11.8 Å². The Morgan fingerprint density at radius 1 is 1.35 bits per heavy atom. The van der Waals surface area contributed by atoms with Crippen LogP contribution in [0.15, 0.2) is 18.2 Å². The lowest BCUT2D eigenvalue weighted by Crippen LogP contribution is -2.33. The molecule has 17 heavy (non-hydrogen) atoms. The predicted molar refractivity (Wildman–Crippen MR) is 68.4 cm³/mol. The highest BCUT2D eigenvalue weighted by Gasteiger charge is 2.10. The number of anilines is 1. The maximum absolute atomic E-state index is 13.4. The zero-order valence-corrected chi connectivity index (χ0v) is 9.81. The normalized spacial score (nSPS) is 9.71. The molecule has 0 aromatic heterocycles. The summed E-state index contributed by atoms with van der Waals surface area (Å²) in [6.07, 6.45) is 0.